The van der Waals surface area contributed by atoms with E-state index in [-0.39, 0.29) is 16.5 Å². The molecule has 5 nitrogen and oxygen atoms in total. The number of hydrogen-bond acceptors (Lipinski definition) is 4. The lowest BCUT2D eigenvalue weighted by atomic mass is 10.3. The summed E-state index contributed by atoms with van der Waals surface area (Å²) in [7, 11) is -3.68. The summed E-state index contributed by atoms with van der Waals surface area (Å²) in [6.07, 6.45) is 2.49. The van der Waals surface area contributed by atoms with Gasteiger partial charge in [-0.15, -0.1) is 0 Å². The monoisotopic (exact) mass is 377 g/mol. The average molecular weight is 378 g/mol. The van der Waals surface area contributed by atoms with E-state index in [0.717, 1.165) is 23.1 Å². The predicted molar refractivity (Wildman–Crippen MR) is 88.3 cm³/mol. The highest BCUT2D eigenvalue weighted by atomic mass is 35.5. The van der Waals surface area contributed by atoms with E-state index in [2.05, 4.69) is 14.3 Å². The highest BCUT2D eigenvalue weighted by Gasteiger charge is 2.19. The van der Waals surface area contributed by atoms with Gasteiger partial charge in [-0.25, -0.2) is 18.1 Å². The Morgan fingerprint density at radius 3 is 2.95 bits per heavy atom. The molecular formula is C13H13Cl2N3O2S2. The molecule has 0 unspecified atom stereocenters. The zero-order valence-electron chi connectivity index (χ0n) is 11.4. The van der Waals surface area contributed by atoms with E-state index in [1.807, 2.05) is 6.20 Å². The van der Waals surface area contributed by atoms with Crippen LogP contribution < -0.4 is 4.72 Å². The predicted octanol–water partition coefficient (Wildman–Crippen LogP) is 2.82. The number of hydrogen-bond donors (Lipinski definition) is 1. The zero-order chi connectivity index (χ0) is 15.7. The van der Waals surface area contributed by atoms with Gasteiger partial charge in [0.15, 0.2) is 5.16 Å². The molecule has 0 aliphatic carbocycles. The molecule has 0 spiro atoms. The minimum absolute atomic E-state index is 0.00967. The first-order valence-electron chi connectivity index (χ1n) is 6.59. The highest BCUT2D eigenvalue weighted by Crippen LogP contribution is 2.26. The summed E-state index contributed by atoms with van der Waals surface area (Å²) in [6.45, 7) is 1.21. The molecule has 22 heavy (non-hydrogen) atoms. The van der Waals surface area contributed by atoms with E-state index in [0.29, 0.717) is 11.4 Å². The molecule has 3 rings (SSSR count). The SMILES string of the molecule is O=S(=O)(NCCc1cn2c(n1)SCC2)c1cc(Cl)ccc1Cl. The maximum Gasteiger partial charge on any atom is 0.242 e. The molecule has 1 aliphatic rings. The smallest absolute Gasteiger partial charge is 0.242 e. The second kappa shape index (κ2) is 6.41. The number of thioether (sulfide) groups is 1. The second-order valence-corrected chi connectivity index (χ2v) is 8.42. The van der Waals surface area contributed by atoms with Crippen molar-refractivity contribution in [2.75, 3.05) is 12.3 Å². The average Bonchev–Trinajstić information content (AvgIpc) is 3.02. The minimum Gasteiger partial charge on any atom is -0.325 e. The van der Waals surface area contributed by atoms with Gasteiger partial charge in [0.1, 0.15) is 4.90 Å². The molecule has 0 atom stereocenters. The highest BCUT2D eigenvalue weighted by molar-refractivity contribution is 7.99. The lowest BCUT2D eigenvalue weighted by molar-refractivity contribution is 0.581. The third-order valence-corrected chi connectivity index (χ3v) is 6.36. The number of aryl methyl sites for hydroxylation is 1. The second-order valence-electron chi connectivity index (χ2n) is 4.78. The summed E-state index contributed by atoms with van der Waals surface area (Å²) in [5.74, 6) is 1.04. The van der Waals surface area contributed by atoms with Crippen LogP contribution in [-0.2, 0) is 23.0 Å². The van der Waals surface area contributed by atoms with Crippen LogP contribution in [0.3, 0.4) is 0 Å². The lowest BCUT2D eigenvalue weighted by Crippen LogP contribution is -2.26. The maximum atomic E-state index is 12.3. The lowest BCUT2D eigenvalue weighted by Gasteiger charge is -2.08. The molecular weight excluding hydrogens is 365 g/mol. The standard InChI is InChI=1S/C13H13Cl2N3O2S2/c14-9-1-2-11(15)12(7-9)22(19,20)16-4-3-10-8-18-5-6-21-13(18)17-10/h1-2,7-8,16H,3-6H2. The molecule has 9 heteroatoms. The Balaban J connectivity index is 1.65. The first-order chi connectivity index (χ1) is 10.5. The Kier molecular flexibility index (Phi) is 4.70. The van der Waals surface area contributed by atoms with Crippen molar-refractivity contribution in [1.29, 1.82) is 0 Å². The fourth-order valence-electron chi connectivity index (χ4n) is 2.16. The summed E-state index contributed by atoms with van der Waals surface area (Å²) >= 11 is 13.5. The molecule has 118 valence electrons. The Morgan fingerprint density at radius 1 is 1.36 bits per heavy atom. The topological polar surface area (TPSA) is 64.0 Å². The van der Waals surface area contributed by atoms with Crippen LogP contribution in [0.2, 0.25) is 10.0 Å². The number of nitrogens with zero attached hydrogens (tertiary/aromatic N) is 2. The molecule has 2 aromatic rings. The van der Waals surface area contributed by atoms with Gasteiger partial charge in [0, 0.05) is 36.5 Å². The van der Waals surface area contributed by atoms with Gasteiger partial charge in [0.05, 0.1) is 10.7 Å². The summed E-state index contributed by atoms with van der Waals surface area (Å²) in [5, 5.41) is 1.47. The fourth-order valence-corrected chi connectivity index (χ4v) is 4.91. The molecule has 0 fully saturated rings. The van der Waals surface area contributed by atoms with Gasteiger partial charge < -0.3 is 4.57 Å². The summed E-state index contributed by atoms with van der Waals surface area (Å²) < 4.78 is 29.1. The third-order valence-electron chi connectivity index (χ3n) is 3.21. The van der Waals surface area contributed by atoms with Crippen LogP contribution in [0.1, 0.15) is 5.69 Å². The van der Waals surface area contributed by atoms with Crippen LogP contribution in [0.5, 0.6) is 0 Å². The van der Waals surface area contributed by atoms with Crippen molar-refractivity contribution in [1.82, 2.24) is 14.3 Å². The van der Waals surface area contributed by atoms with Crippen LogP contribution >= 0.6 is 35.0 Å². The molecule has 1 N–H and O–H groups in total. The maximum absolute atomic E-state index is 12.3. The van der Waals surface area contributed by atoms with Gasteiger partial charge in [-0.1, -0.05) is 35.0 Å². The summed E-state index contributed by atoms with van der Waals surface area (Å²) in [4.78, 5) is 4.45. The van der Waals surface area contributed by atoms with Crippen LogP contribution in [0, 0.1) is 0 Å². The van der Waals surface area contributed by atoms with E-state index in [4.69, 9.17) is 23.2 Å². The Bertz CT molecular complexity index is 784. The summed E-state index contributed by atoms with van der Waals surface area (Å²) in [5.41, 5.74) is 0.877. The zero-order valence-corrected chi connectivity index (χ0v) is 14.6. The van der Waals surface area contributed by atoms with Crippen molar-refractivity contribution in [3.05, 3.63) is 40.1 Å². The van der Waals surface area contributed by atoms with Crippen molar-refractivity contribution in [2.24, 2.45) is 0 Å². The number of imidazole rings is 1. The van der Waals surface area contributed by atoms with Crippen molar-refractivity contribution >= 4 is 45.0 Å². The van der Waals surface area contributed by atoms with E-state index < -0.39 is 10.0 Å². The van der Waals surface area contributed by atoms with Gasteiger partial charge in [-0.05, 0) is 18.2 Å². The number of nitrogens with one attached hydrogen (secondary N) is 1. The van der Waals surface area contributed by atoms with Gasteiger partial charge in [-0.3, -0.25) is 0 Å². The number of halogens is 2. The van der Waals surface area contributed by atoms with Crippen molar-refractivity contribution in [3.63, 3.8) is 0 Å². The van der Waals surface area contributed by atoms with Crippen LogP contribution in [0.25, 0.3) is 0 Å². The van der Waals surface area contributed by atoms with Crippen molar-refractivity contribution < 1.29 is 8.42 Å². The first kappa shape index (κ1) is 16.1. The van der Waals surface area contributed by atoms with E-state index >= 15 is 0 Å². The van der Waals surface area contributed by atoms with Gasteiger partial charge in [0.2, 0.25) is 10.0 Å². The molecule has 1 aromatic heterocycles. The Hall–Kier alpha value is -0.730. The van der Waals surface area contributed by atoms with Crippen LogP contribution in [0.4, 0.5) is 0 Å². The Morgan fingerprint density at radius 2 is 2.18 bits per heavy atom. The number of aromatic nitrogens is 2. The molecule has 2 heterocycles. The number of benzene rings is 1. The van der Waals surface area contributed by atoms with Crippen LogP contribution in [-0.4, -0.2) is 30.3 Å². The quantitative estimate of drug-likeness (QED) is 0.869. The molecule has 0 radical (unpaired) electrons. The third kappa shape index (κ3) is 3.44. The molecule has 0 bridgehead atoms. The molecule has 1 aromatic carbocycles. The number of sulfonamides is 1. The largest absolute Gasteiger partial charge is 0.325 e. The van der Waals surface area contributed by atoms with Crippen molar-refractivity contribution in [2.45, 2.75) is 23.0 Å². The molecule has 0 amide bonds. The normalized spacial score (nSPS) is 14.3. The van der Waals surface area contributed by atoms with Crippen molar-refractivity contribution in [3.8, 4) is 0 Å². The van der Waals surface area contributed by atoms with Gasteiger partial charge >= 0.3 is 0 Å². The molecule has 0 saturated heterocycles. The van der Waals surface area contributed by atoms with E-state index in [1.165, 1.54) is 12.1 Å². The van der Waals surface area contributed by atoms with Crippen LogP contribution in [0.15, 0.2) is 34.4 Å². The first-order valence-corrected chi connectivity index (χ1v) is 9.82. The Labute approximate surface area is 143 Å². The number of rotatable bonds is 5. The summed E-state index contributed by atoms with van der Waals surface area (Å²) in [6, 6.07) is 4.36. The van der Waals surface area contributed by atoms with E-state index in [1.54, 1.807) is 17.8 Å². The minimum atomic E-state index is -3.68. The number of fused-ring (bicyclic) bond motifs is 1. The van der Waals surface area contributed by atoms with E-state index in [9.17, 15) is 8.42 Å². The fraction of sp³-hybridized carbons (Fsp3) is 0.308. The van der Waals surface area contributed by atoms with Gasteiger partial charge in [-0.2, -0.15) is 0 Å². The molecule has 1 aliphatic heterocycles. The molecule has 0 saturated carbocycles. The van der Waals surface area contributed by atoms with Gasteiger partial charge in [0.25, 0.3) is 0 Å².